The summed E-state index contributed by atoms with van der Waals surface area (Å²) in [6, 6.07) is 32.4. The fourth-order valence-electron chi connectivity index (χ4n) is 8.39. The molecule has 4 aromatic rings. The molecule has 2 aliphatic carbocycles. The summed E-state index contributed by atoms with van der Waals surface area (Å²) in [5, 5.41) is 25.3. The fraction of sp³-hybridized carbons (Fsp3) is 0.404. The molecule has 2 fully saturated rings. The number of benzene rings is 4. The highest BCUT2D eigenvalue weighted by molar-refractivity contribution is 6.34. The van der Waals surface area contributed by atoms with Crippen LogP contribution in [0, 0.1) is 17.7 Å². The third kappa shape index (κ3) is 11.2. The Labute approximate surface area is 332 Å². The van der Waals surface area contributed by atoms with E-state index in [0.717, 1.165) is 97.9 Å². The molecule has 4 unspecified atom stereocenters. The number of nitrogens with zero attached hydrogens (tertiary/aromatic N) is 2. The summed E-state index contributed by atoms with van der Waals surface area (Å²) in [5.41, 5.74) is 4.11. The van der Waals surface area contributed by atoms with Gasteiger partial charge < -0.3 is 20.0 Å². The van der Waals surface area contributed by atoms with Gasteiger partial charge in [0.2, 0.25) is 0 Å². The molecule has 54 heavy (non-hydrogen) atoms. The van der Waals surface area contributed by atoms with Gasteiger partial charge in [-0.05, 0) is 130 Å². The van der Waals surface area contributed by atoms with E-state index in [1.54, 1.807) is 18.2 Å². The number of halogens is 3. The van der Waals surface area contributed by atoms with Crippen molar-refractivity contribution >= 4 is 35.4 Å². The molecular weight excluding hydrogens is 714 g/mol. The summed E-state index contributed by atoms with van der Waals surface area (Å²) >= 11 is 12.6. The van der Waals surface area contributed by atoms with Gasteiger partial charge in [0.1, 0.15) is 11.4 Å². The van der Waals surface area contributed by atoms with E-state index in [1.807, 2.05) is 48.5 Å². The smallest absolute Gasteiger partial charge is 0.123 e. The molecule has 0 bridgehead atoms. The molecule has 288 valence electrons. The standard InChI is InChI=1S/C24H30FNO.C23H27Cl2NO/c1-26(2)18-22-11-7-6-10-21(16-19-8-4-3-5-9-19)24(22,27)17-20-12-14-23(25)15-13-20;1-26(2)16-19-11-7-6-10-18(12-17-8-4-3-5-9-17)23(19,27)20-13-21(24)15-22(25)14-20/h3-5,8-9,12-16,22,27H,6-7,10-11,17-18H2,1-2H3;3-5,8-9,12-15,19,27H,6-7,10-11,16H2,1-2H3. The number of hydrogen-bond donors (Lipinski definition) is 2. The highest BCUT2D eigenvalue weighted by Gasteiger charge is 2.44. The van der Waals surface area contributed by atoms with Crippen molar-refractivity contribution in [3.8, 4) is 0 Å². The Bertz CT molecular complexity index is 1810. The van der Waals surface area contributed by atoms with Crippen LogP contribution >= 0.6 is 23.2 Å². The highest BCUT2D eigenvalue weighted by Crippen LogP contribution is 2.46. The SMILES string of the molecule is CN(C)CC1CCCCC(=Cc2ccccc2)C1(O)Cc1ccc(F)cc1.CN(C)CC1CCCCC(=Cc2ccccc2)C1(O)c1cc(Cl)cc(Cl)c1. The molecule has 0 saturated heterocycles. The highest BCUT2D eigenvalue weighted by atomic mass is 35.5. The first-order valence-corrected chi connectivity index (χ1v) is 20.1. The third-order valence-corrected chi connectivity index (χ3v) is 11.4. The zero-order valence-electron chi connectivity index (χ0n) is 32.3. The Morgan fingerprint density at radius 1 is 0.648 bits per heavy atom. The van der Waals surface area contributed by atoms with Gasteiger partial charge >= 0.3 is 0 Å². The molecule has 0 aromatic heterocycles. The lowest BCUT2D eigenvalue weighted by molar-refractivity contribution is 0.000488. The monoisotopic (exact) mass is 770 g/mol. The maximum absolute atomic E-state index is 13.4. The van der Waals surface area contributed by atoms with Gasteiger partial charge in [0, 0.05) is 41.4 Å². The first-order chi connectivity index (χ1) is 25.9. The molecule has 4 aromatic carbocycles. The molecule has 0 aliphatic heterocycles. The molecule has 2 N–H and O–H groups in total. The molecule has 0 heterocycles. The Hall–Kier alpha value is -3.29. The molecule has 0 amide bonds. The zero-order valence-corrected chi connectivity index (χ0v) is 33.8. The summed E-state index contributed by atoms with van der Waals surface area (Å²) < 4.78 is 13.4. The van der Waals surface area contributed by atoms with Crippen molar-refractivity contribution in [2.24, 2.45) is 11.8 Å². The van der Waals surface area contributed by atoms with E-state index in [-0.39, 0.29) is 17.7 Å². The lowest BCUT2D eigenvalue weighted by Gasteiger charge is -2.39. The summed E-state index contributed by atoms with van der Waals surface area (Å²) in [6.45, 7) is 1.64. The minimum atomic E-state index is -1.09. The van der Waals surface area contributed by atoms with Gasteiger partial charge in [0.15, 0.2) is 0 Å². The van der Waals surface area contributed by atoms with E-state index in [2.05, 4.69) is 74.4 Å². The molecule has 0 radical (unpaired) electrons. The first kappa shape index (κ1) is 41.9. The van der Waals surface area contributed by atoms with Crippen molar-refractivity contribution in [1.29, 1.82) is 0 Å². The summed E-state index contributed by atoms with van der Waals surface area (Å²) in [7, 11) is 8.22. The molecule has 2 aliphatic rings. The van der Waals surface area contributed by atoms with Gasteiger partial charge in [-0.25, -0.2) is 4.39 Å². The van der Waals surface area contributed by atoms with Crippen LogP contribution in [0.15, 0.2) is 114 Å². The van der Waals surface area contributed by atoms with Gasteiger partial charge in [-0.2, -0.15) is 0 Å². The van der Waals surface area contributed by atoms with Crippen LogP contribution in [-0.2, 0) is 12.0 Å². The zero-order chi connectivity index (χ0) is 38.7. The first-order valence-electron chi connectivity index (χ1n) is 19.3. The number of rotatable bonds is 9. The molecule has 4 nitrogen and oxygen atoms in total. The largest absolute Gasteiger partial charge is 0.385 e. The predicted molar refractivity (Wildman–Crippen MR) is 225 cm³/mol. The van der Waals surface area contributed by atoms with Crippen LogP contribution in [0.2, 0.25) is 10.0 Å². The normalized spacial score (nSPS) is 24.9. The summed E-state index contributed by atoms with van der Waals surface area (Å²) in [4.78, 5) is 4.30. The fourth-order valence-corrected chi connectivity index (χ4v) is 8.91. The van der Waals surface area contributed by atoms with Crippen LogP contribution in [0.4, 0.5) is 4.39 Å². The van der Waals surface area contributed by atoms with Crippen LogP contribution in [0.25, 0.3) is 12.2 Å². The predicted octanol–water partition coefficient (Wildman–Crippen LogP) is 11.0. The quantitative estimate of drug-likeness (QED) is 0.166. The van der Waals surface area contributed by atoms with Crippen molar-refractivity contribution < 1.29 is 14.6 Å². The lowest BCUT2D eigenvalue weighted by atomic mass is 9.74. The van der Waals surface area contributed by atoms with Crippen molar-refractivity contribution in [3.63, 3.8) is 0 Å². The van der Waals surface area contributed by atoms with E-state index >= 15 is 0 Å². The summed E-state index contributed by atoms with van der Waals surface area (Å²) in [5.74, 6) is -0.0222. The maximum Gasteiger partial charge on any atom is 0.123 e. The minimum Gasteiger partial charge on any atom is -0.385 e. The van der Waals surface area contributed by atoms with E-state index in [1.165, 1.54) is 12.1 Å². The molecular formula is C47H57Cl2FN2O2. The van der Waals surface area contributed by atoms with Crippen molar-refractivity contribution in [1.82, 2.24) is 9.80 Å². The van der Waals surface area contributed by atoms with E-state index in [9.17, 15) is 14.6 Å². The van der Waals surface area contributed by atoms with Crippen LogP contribution in [0.5, 0.6) is 0 Å². The van der Waals surface area contributed by atoms with Crippen LogP contribution in [0.1, 0.15) is 73.6 Å². The van der Waals surface area contributed by atoms with Crippen molar-refractivity contribution in [2.45, 2.75) is 69.0 Å². The third-order valence-electron chi connectivity index (χ3n) is 11.0. The second-order valence-corrected chi connectivity index (χ2v) is 16.6. The number of hydrogen-bond acceptors (Lipinski definition) is 4. The molecule has 2 saturated carbocycles. The van der Waals surface area contributed by atoms with E-state index < -0.39 is 11.2 Å². The second-order valence-electron chi connectivity index (χ2n) is 15.7. The van der Waals surface area contributed by atoms with Crippen LogP contribution < -0.4 is 0 Å². The maximum atomic E-state index is 13.4. The Balaban J connectivity index is 0.000000208. The van der Waals surface area contributed by atoms with Crippen molar-refractivity contribution in [2.75, 3.05) is 41.3 Å². The van der Waals surface area contributed by atoms with Gasteiger partial charge in [-0.15, -0.1) is 0 Å². The topological polar surface area (TPSA) is 46.9 Å². The molecule has 6 rings (SSSR count). The van der Waals surface area contributed by atoms with Gasteiger partial charge in [-0.1, -0.05) is 121 Å². The average molecular weight is 772 g/mol. The van der Waals surface area contributed by atoms with Gasteiger partial charge in [-0.3, -0.25) is 0 Å². The molecule has 0 spiro atoms. The van der Waals surface area contributed by atoms with Crippen LogP contribution in [-0.4, -0.2) is 66.9 Å². The number of aliphatic hydroxyl groups is 2. The van der Waals surface area contributed by atoms with Gasteiger partial charge in [0.25, 0.3) is 0 Å². The molecule has 4 atom stereocenters. The second kappa shape index (κ2) is 19.5. The van der Waals surface area contributed by atoms with Crippen molar-refractivity contribution in [3.05, 3.63) is 152 Å². The van der Waals surface area contributed by atoms with E-state index in [4.69, 9.17) is 23.2 Å². The Morgan fingerprint density at radius 2 is 1.13 bits per heavy atom. The average Bonchev–Trinajstić information content (AvgIpc) is 3.37. The lowest BCUT2D eigenvalue weighted by Crippen LogP contribution is -2.45. The van der Waals surface area contributed by atoms with E-state index in [0.29, 0.717) is 16.5 Å². The Morgan fingerprint density at radius 3 is 1.67 bits per heavy atom. The summed E-state index contributed by atoms with van der Waals surface area (Å²) in [6.07, 6.45) is 12.9. The van der Waals surface area contributed by atoms with Gasteiger partial charge in [0.05, 0.1) is 5.60 Å². The Kier molecular flexibility index (Phi) is 15.1. The molecule has 7 heteroatoms. The minimum absolute atomic E-state index is 0.0690. The van der Waals surface area contributed by atoms with Crippen LogP contribution in [0.3, 0.4) is 0 Å².